The highest BCUT2D eigenvalue weighted by molar-refractivity contribution is 7.10. The molecule has 1 aromatic rings. The van der Waals surface area contributed by atoms with Crippen LogP contribution in [0, 0.1) is 11.8 Å². The lowest BCUT2D eigenvalue weighted by molar-refractivity contribution is 0.0127. The molecule has 1 N–H and O–H groups in total. The molecule has 0 saturated heterocycles. The van der Waals surface area contributed by atoms with Crippen LogP contribution in [0.2, 0.25) is 0 Å². The minimum atomic E-state index is -0.951. The Kier molecular flexibility index (Phi) is 9.34. The average Bonchev–Trinajstić information content (AvgIpc) is 3.05. The van der Waals surface area contributed by atoms with Gasteiger partial charge >= 0.3 is 12.2 Å². The monoisotopic (exact) mass is 371 g/mol. The molecule has 0 spiro atoms. The number of hydrogen-bond acceptors (Lipinski definition) is 5. The third kappa shape index (κ3) is 8.77. The Morgan fingerprint density at radius 1 is 1.16 bits per heavy atom. The number of amides is 1. The van der Waals surface area contributed by atoms with Crippen molar-refractivity contribution in [2.45, 2.75) is 46.6 Å². The largest absolute Gasteiger partial charge is 0.508 e. The summed E-state index contributed by atoms with van der Waals surface area (Å²) in [6.07, 6.45) is -0.959. The Labute approximate surface area is 153 Å². The van der Waals surface area contributed by atoms with Gasteiger partial charge in [-0.05, 0) is 29.7 Å². The Hall–Kier alpha value is -1.76. The molecule has 0 fully saturated rings. The lowest BCUT2D eigenvalue weighted by Gasteiger charge is -2.23. The minimum Gasteiger partial charge on any atom is -0.465 e. The molecule has 1 rings (SSSR count). The molecule has 1 atom stereocenters. The van der Waals surface area contributed by atoms with Crippen LogP contribution in [-0.2, 0) is 9.47 Å². The summed E-state index contributed by atoms with van der Waals surface area (Å²) in [6, 6.07) is 3.76. The fourth-order valence-electron chi connectivity index (χ4n) is 2.11. The zero-order valence-electron chi connectivity index (χ0n) is 15.4. The molecule has 0 radical (unpaired) electrons. The molecule has 142 valence electrons. The van der Waals surface area contributed by atoms with E-state index in [-0.39, 0.29) is 5.92 Å². The maximum Gasteiger partial charge on any atom is 0.508 e. The fraction of sp³-hybridized carbons (Fsp3) is 0.667. The number of ether oxygens (including phenoxy) is 2. The van der Waals surface area contributed by atoms with Crippen molar-refractivity contribution >= 4 is 23.6 Å². The van der Waals surface area contributed by atoms with Gasteiger partial charge in [0.25, 0.3) is 0 Å². The highest BCUT2D eigenvalue weighted by atomic mass is 32.1. The molecule has 0 saturated carbocycles. The van der Waals surface area contributed by atoms with Gasteiger partial charge in [0.05, 0.1) is 6.61 Å². The average molecular weight is 371 g/mol. The van der Waals surface area contributed by atoms with Gasteiger partial charge in [0.1, 0.15) is 6.10 Å². The van der Waals surface area contributed by atoms with Crippen LogP contribution in [0.4, 0.5) is 9.59 Å². The standard InChI is InChI=1S/C18H29NO5S/c1-13(2)7-9-19(17(20)21)10-8-15(16-6-5-11-25-16)24-18(22)23-12-14(3)4/h5-6,11,13-15H,7-10,12H2,1-4H3,(H,20,21). The maximum absolute atomic E-state index is 11.9. The zero-order chi connectivity index (χ0) is 18.8. The second-order valence-electron chi connectivity index (χ2n) is 6.82. The van der Waals surface area contributed by atoms with Crippen LogP contribution >= 0.6 is 11.3 Å². The van der Waals surface area contributed by atoms with Crippen LogP contribution in [0.25, 0.3) is 0 Å². The second-order valence-corrected chi connectivity index (χ2v) is 7.80. The normalized spacial score (nSPS) is 12.2. The van der Waals surface area contributed by atoms with Crippen molar-refractivity contribution in [1.82, 2.24) is 4.90 Å². The van der Waals surface area contributed by atoms with Gasteiger partial charge in [-0.25, -0.2) is 9.59 Å². The van der Waals surface area contributed by atoms with Crippen molar-refractivity contribution < 1.29 is 24.2 Å². The van der Waals surface area contributed by atoms with Crippen molar-refractivity contribution in [2.75, 3.05) is 19.7 Å². The first kappa shape index (κ1) is 21.3. The molecule has 0 aliphatic heterocycles. The lowest BCUT2D eigenvalue weighted by atomic mass is 10.1. The summed E-state index contributed by atoms with van der Waals surface area (Å²) in [6.45, 7) is 9.09. The number of hydrogen-bond donors (Lipinski definition) is 1. The van der Waals surface area contributed by atoms with Crippen molar-refractivity contribution in [1.29, 1.82) is 0 Å². The summed E-state index contributed by atoms with van der Waals surface area (Å²) in [5, 5.41) is 11.3. The van der Waals surface area contributed by atoms with Crippen LogP contribution in [-0.4, -0.2) is 42.0 Å². The van der Waals surface area contributed by atoms with Gasteiger partial charge in [0, 0.05) is 24.4 Å². The van der Waals surface area contributed by atoms with E-state index in [4.69, 9.17) is 9.47 Å². The highest BCUT2D eigenvalue weighted by Gasteiger charge is 2.22. The minimum absolute atomic E-state index is 0.228. The molecule has 0 aliphatic carbocycles. The Morgan fingerprint density at radius 2 is 1.84 bits per heavy atom. The van der Waals surface area contributed by atoms with E-state index in [1.807, 2.05) is 31.4 Å². The van der Waals surface area contributed by atoms with E-state index in [2.05, 4.69) is 13.8 Å². The van der Waals surface area contributed by atoms with Crippen molar-refractivity contribution in [3.8, 4) is 0 Å². The molecule has 1 unspecified atom stereocenters. The number of carbonyl (C=O) groups excluding carboxylic acids is 1. The summed E-state index contributed by atoms with van der Waals surface area (Å²) in [7, 11) is 0. The SMILES string of the molecule is CC(C)CCN(CCC(OC(=O)OCC(C)C)c1cccs1)C(=O)O. The van der Waals surface area contributed by atoms with Gasteiger partial charge in [-0.15, -0.1) is 11.3 Å². The molecule has 1 aromatic heterocycles. The van der Waals surface area contributed by atoms with E-state index < -0.39 is 18.4 Å². The molecular weight excluding hydrogens is 342 g/mol. The van der Waals surface area contributed by atoms with E-state index in [9.17, 15) is 14.7 Å². The molecule has 6 nitrogen and oxygen atoms in total. The van der Waals surface area contributed by atoms with Crippen molar-refractivity contribution in [3.63, 3.8) is 0 Å². The maximum atomic E-state index is 11.9. The Bertz CT molecular complexity index is 516. The summed E-state index contributed by atoms with van der Waals surface area (Å²) in [5.41, 5.74) is 0. The highest BCUT2D eigenvalue weighted by Crippen LogP contribution is 2.26. The van der Waals surface area contributed by atoms with Crippen molar-refractivity contribution in [2.24, 2.45) is 11.8 Å². The second kappa shape index (κ2) is 11.0. The van der Waals surface area contributed by atoms with E-state index in [1.165, 1.54) is 16.2 Å². The molecule has 0 bridgehead atoms. The Morgan fingerprint density at radius 3 is 2.36 bits per heavy atom. The molecule has 7 heteroatoms. The van der Waals surface area contributed by atoms with Gasteiger partial charge in [-0.1, -0.05) is 33.8 Å². The number of nitrogens with zero attached hydrogens (tertiary/aromatic N) is 1. The lowest BCUT2D eigenvalue weighted by Crippen LogP contribution is -2.33. The smallest absolute Gasteiger partial charge is 0.465 e. The first-order valence-corrected chi connectivity index (χ1v) is 9.52. The van der Waals surface area contributed by atoms with Crippen LogP contribution in [0.5, 0.6) is 0 Å². The predicted molar refractivity (Wildman–Crippen MR) is 98.0 cm³/mol. The molecule has 0 aliphatic rings. The third-order valence-electron chi connectivity index (χ3n) is 3.54. The third-order valence-corrected chi connectivity index (χ3v) is 4.51. The van der Waals surface area contributed by atoms with Crippen LogP contribution in [0.15, 0.2) is 17.5 Å². The van der Waals surface area contributed by atoms with E-state index in [0.29, 0.717) is 32.0 Å². The first-order chi connectivity index (χ1) is 11.8. The molecule has 1 amide bonds. The molecule has 25 heavy (non-hydrogen) atoms. The van der Waals surface area contributed by atoms with E-state index in [1.54, 1.807) is 0 Å². The van der Waals surface area contributed by atoms with Gasteiger partial charge in [-0.2, -0.15) is 0 Å². The van der Waals surface area contributed by atoms with Crippen molar-refractivity contribution in [3.05, 3.63) is 22.4 Å². The number of carboxylic acid groups (broad SMARTS) is 1. The fourth-order valence-corrected chi connectivity index (χ4v) is 2.90. The topological polar surface area (TPSA) is 76.1 Å². The predicted octanol–water partition coefficient (Wildman–Crippen LogP) is 5.01. The van der Waals surface area contributed by atoms with E-state index in [0.717, 1.165) is 11.3 Å². The van der Waals surface area contributed by atoms with Crippen LogP contribution < -0.4 is 0 Å². The summed E-state index contributed by atoms with van der Waals surface area (Å²) in [5.74, 6) is 0.656. The zero-order valence-corrected chi connectivity index (χ0v) is 16.3. The van der Waals surface area contributed by atoms with Crippen LogP contribution in [0.3, 0.4) is 0 Å². The Balaban J connectivity index is 2.64. The van der Waals surface area contributed by atoms with Gasteiger partial charge in [-0.3, -0.25) is 0 Å². The van der Waals surface area contributed by atoms with Gasteiger partial charge in [0.15, 0.2) is 0 Å². The number of thiophene rings is 1. The van der Waals surface area contributed by atoms with Crippen LogP contribution in [0.1, 0.15) is 51.5 Å². The summed E-state index contributed by atoms with van der Waals surface area (Å²) in [4.78, 5) is 25.5. The van der Waals surface area contributed by atoms with Gasteiger partial charge < -0.3 is 19.5 Å². The number of carbonyl (C=O) groups is 2. The molecule has 0 aromatic carbocycles. The summed E-state index contributed by atoms with van der Waals surface area (Å²) >= 11 is 1.48. The molecular formula is C18H29NO5S. The quantitative estimate of drug-likeness (QED) is 0.585. The summed E-state index contributed by atoms with van der Waals surface area (Å²) < 4.78 is 10.5. The number of rotatable bonds is 10. The van der Waals surface area contributed by atoms with Gasteiger partial charge in [0.2, 0.25) is 0 Å². The van der Waals surface area contributed by atoms with E-state index >= 15 is 0 Å². The molecule has 1 heterocycles. The first-order valence-electron chi connectivity index (χ1n) is 8.64.